The molecule has 0 aromatic heterocycles. The fourth-order valence-electron chi connectivity index (χ4n) is 2.68. The van der Waals surface area contributed by atoms with Crippen molar-refractivity contribution in [2.75, 3.05) is 11.5 Å². The summed E-state index contributed by atoms with van der Waals surface area (Å²) in [5.74, 6) is 0. The van der Waals surface area contributed by atoms with Crippen LogP contribution in [-0.2, 0) is 4.74 Å². The maximum absolute atomic E-state index is 12.8. The van der Waals surface area contributed by atoms with Gasteiger partial charge in [-0.3, -0.25) is 4.90 Å². The molecule has 4 heteroatoms. The first-order chi connectivity index (χ1) is 10.8. The maximum atomic E-state index is 12.8. The fourth-order valence-corrected chi connectivity index (χ4v) is 2.68. The molecule has 2 aromatic carbocycles. The molecule has 3 rings (SSSR count). The summed E-state index contributed by atoms with van der Waals surface area (Å²) >= 11 is 0. The molecule has 1 aliphatic rings. The van der Waals surface area contributed by atoms with Crippen molar-refractivity contribution in [1.82, 2.24) is 5.32 Å². The van der Waals surface area contributed by atoms with E-state index >= 15 is 0 Å². The van der Waals surface area contributed by atoms with Gasteiger partial charge in [-0.25, -0.2) is 4.79 Å². The van der Waals surface area contributed by atoms with Crippen molar-refractivity contribution < 1.29 is 9.53 Å². The number of ether oxygens (including phenoxy) is 1. The van der Waals surface area contributed by atoms with Crippen LogP contribution in [-0.4, -0.2) is 24.8 Å². The summed E-state index contributed by atoms with van der Waals surface area (Å²) in [7, 11) is 0. The molecule has 1 fully saturated rings. The molecule has 0 saturated carbocycles. The van der Waals surface area contributed by atoms with Gasteiger partial charge in [0.05, 0.1) is 23.5 Å². The molecule has 2 aromatic rings. The van der Waals surface area contributed by atoms with Gasteiger partial charge in [0.15, 0.2) is 0 Å². The van der Waals surface area contributed by atoms with Crippen LogP contribution in [0, 0.1) is 0 Å². The van der Waals surface area contributed by atoms with Crippen LogP contribution >= 0.6 is 0 Å². The number of anilines is 2. The van der Waals surface area contributed by atoms with Crippen LogP contribution in [0.25, 0.3) is 0 Å². The number of carbonyl (C=O) groups is 1. The van der Waals surface area contributed by atoms with Crippen molar-refractivity contribution in [2.45, 2.75) is 25.5 Å². The van der Waals surface area contributed by atoms with Gasteiger partial charge in [0.1, 0.15) is 0 Å². The topological polar surface area (TPSA) is 41.6 Å². The number of benzene rings is 2. The molecule has 0 bridgehead atoms. The third-order valence-corrected chi connectivity index (χ3v) is 3.92. The Hall–Kier alpha value is -2.33. The Labute approximate surface area is 130 Å². The van der Waals surface area contributed by atoms with Crippen LogP contribution in [0.3, 0.4) is 0 Å². The second-order valence-corrected chi connectivity index (χ2v) is 5.43. The van der Waals surface area contributed by atoms with Gasteiger partial charge < -0.3 is 10.1 Å². The van der Waals surface area contributed by atoms with Crippen molar-refractivity contribution in [2.24, 2.45) is 0 Å². The third-order valence-electron chi connectivity index (χ3n) is 3.92. The van der Waals surface area contributed by atoms with Crippen molar-refractivity contribution in [3.63, 3.8) is 0 Å². The lowest BCUT2D eigenvalue weighted by molar-refractivity contribution is 0.114. The summed E-state index contributed by atoms with van der Waals surface area (Å²) in [5.41, 5.74) is 1.69. The normalized spacial score (nSPS) is 20.6. The zero-order valence-corrected chi connectivity index (χ0v) is 12.6. The van der Waals surface area contributed by atoms with Gasteiger partial charge in [-0.15, -0.1) is 0 Å². The number of nitrogens with zero attached hydrogens (tertiary/aromatic N) is 1. The van der Waals surface area contributed by atoms with Gasteiger partial charge in [-0.05, 0) is 37.6 Å². The van der Waals surface area contributed by atoms with Gasteiger partial charge in [0.25, 0.3) is 0 Å². The zero-order valence-electron chi connectivity index (χ0n) is 12.6. The van der Waals surface area contributed by atoms with Crippen molar-refractivity contribution in [3.8, 4) is 0 Å². The van der Waals surface area contributed by atoms with E-state index in [1.807, 2.05) is 67.6 Å². The lowest BCUT2D eigenvalue weighted by atomic mass is 10.1. The Balaban J connectivity index is 1.87. The highest BCUT2D eigenvalue weighted by Crippen LogP contribution is 2.25. The van der Waals surface area contributed by atoms with E-state index in [9.17, 15) is 4.79 Å². The molecule has 2 atom stereocenters. The molecule has 1 N–H and O–H groups in total. The minimum absolute atomic E-state index is 0.0531. The van der Waals surface area contributed by atoms with E-state index in [1.54, 1.807) is 4.90 Å². The zero-order chi connectivity index (χ0) is 15.4. The summed E-state index contributed by atoms with van der Waals surface area (Å²) < 4.78 is 5.52. The van der Waals surface area contributed by atoms with E-state index in [0.29, 0.717) is 6.61 Å². The Bertz CT molecular complexity index is 576. The van der Waals surface area contributed by atoms with Crippen LogP contribution < -0.4 is 10.2 Å². The summed E-state index contributed by atoms with van der Waals surface area (Å²) in [6, 6.07) is 19.3. The highest BCUT2D eigenvalue weighted by Gasteiger charge is 2.28. The molecule has 2 amide bonds. The first kappa shape index (κ1) is 14.6. The quantitative estimate of drug-likeness (QED) is 0.938. The second kappa shape index (κ2) is 6.62. The Morgan fingerprint density at radius 2 is 1.59 bits per heavy atom. The van der Waals surface area contributed by atoms with E-state index < -0.39 is 0 Å². The molecule has 0 radical (unpaired) electrons. The number of para-hydroxylation sites is 2. The Morgan fingerprint density at radius 1 is 1.05 bits per heavy atom. The number of hydrogen-bond donors (Lipinski definition) is 1. The number of carbonyl (C=O) groups excluding carboxylic acids is 1. The predicted molar refractivity (Wildman–Crippen MR) is 87.4 cm³/mol. The van der Waals surface area contributed by atoms with Crippen molar-refractivity contribution in [1.29, 1.82) is 0 Å². The molecule has 22 heavy (non-hydrogen) atoms. The average Bonchev–Trinajstić information content (AvgIpc) is 2.95. The molecular weight excluding hydrogens is 276 g/mol. The third kappa shape index (κ3) is 3.12. The number of urea groups is 1. The van der Waals surface area contributed by atoms with Crippen LogP contribution in [0.15, 0.2) is 60.7 Å². The van der Waals surface area contributed by atoms with Gasteiger partial charge in [-0.2, -0.15) is 0 Å². The summed E-state index contributed by atoms with van der Waals surface area (Å²) in [4.78, 5) is 14.5. The fraction of sp³-hybridized carbons (Fsp3) is 0.278. The largest absolute Gasteiger partial charge is 0.376 e. The summed E-state index contributed by atoms with van der Waals surface area (Å²) in [5, 5.41) is 3.09. The van der Waals surface area contributed by atoms with Crippen LogP contribution in [0.5, 0.6) is 0 Å². The van der Waals surface area contributed by atoms with Crippen molar-refractivity contribution in [3.05, 3.63) is 60.7 Å². The van der Waals surface area contributed by atoms with E-state index in [0.717, 1.165) is 17.8 Å². The van der Waals surface area contributed by atoms with E-state index in [4.69, 9.17) is 4.74 Å². The van der Waals surface area contributed by atoms with E-state index in [2.05, 4.69) is 5.32 Å². The first-order valence-corrected chi connectivity index (χ1v) is 7.58. The maximum Gasteiger partial charge on any atom is 0.326 e. The smallest absolute Gasteiger partial charge is 0.326 e. The van der Waals surface area contributed by atoms with Gasteiger partial charge in [0.2, 0.25) is 0 Å². The van der Waals surface area contributed by atoms with Gasteiger partial charge in [0, 0.05) is 6.61 Å². The molecule has 4 nitrogen and oxygen atoms in total. The monoisotopic (exact) mass is 296 g/mol. The molecule has 1 heterocycles. The SMILES string of the molecule is CC1OCCC1NC(=O)N(c1ccccc1)c1ccccc1. The number of amides is 2. The number of nitrogens with one attached hydrogen (secondary N) is 1. The summed E-state index contributed by atoms with van der Waals surface area (Å²) in [6.07, 6.45) is 0.905. The van der Waals surface area contributed by atoms with Crippen LogP contribution in [0.1, 0.15) is 13.3 Å². The molecular formula is C18H20N2O2. The van der Waals surface area contributed by atoms with Gasteiger partial charge >= 0.3 is 6.03 Å². The van der Waals surface area contributed by atoms with Crippen molar-refractivity contribution >= 4 is 17.4 Å². The first-order valence-electron chi connectivity index (χ1n) is 7.58. The summed E-state index contributed by atoms with van der Waals surface area (Å²) in [6.45, 7) is 2.69. The van der Waals surface area contributed by atoms with E-state index in [-0.39, 0.29) is 18.2 Å². The Kier molecular flexibility index (Phi) is 4.39. The average molecular weight is 296 g/mol. The molecule has 114 valence electrons. The molecule has 2 unspecified atom stereocenters. The lowest BCUT2D eigenvalue weighted by Crippen LogP contribution is -2.45. The lowest BCUT2D eigenvalue weighted by Gasteiger charge is -2.26. The predicted octanol–water partition coefficient (Wildman–Crippen LogP) is 3.71. The molecule has 1 aliphatic heterocycles. The van der Waals surface area contributed by atoms with E-state index in [1.165, 1.54) is 0 Å². The standard InChI is InChI=1S/C18H20N2O2/c1-14-17(12-13-22-14)19-18(21)20(15-8-4-2-5-9-15)16-10-6-3-7-11-16/h2-11,14,17H,12-13H2,1H3,(H,19,21). The molecule has 0 spiro atoms. The minimum Gasteiger partial charge on any atom is -0.376 e. The number of rotatable bonds is 3. The molecule has 1 saturated heterocycles. The Morgan fingerprint density at radius 3 is 2.05 bits per heavy atom. The minimum atomic E-state index is -0.125. The second-order valence-electron chi connectivity index (χ2n) is 5.43. The molecule has 0 aliphatic carbocycles. The van der Waals surface area contributed by atoms with Gasteiger partial charge in [-0.1, -0.05) is 36.4 Å². The van der Waals surface area contributed by atoms with Crippen LogP contribution in [0.2, 0.25) is 0 Å². The number of hydrogen-bond acceptors (Lipinski definition) is 2. The highest BCUT2D eigenvalue weighted by atomic mass is 16.5. The van der Waals surface area contributed by atoms with Crippen LogP contribution in [0.4, 0.5) is 16.2 Å². The highest BCUT2D eigenvalue weighted by molar-refractivity contribution is 5.99.